The van der Waals surface area contributed by atoms with Crippen LogP contribution in [0.15, 0.2) is 33.8 Å². The zero-order chi connectivity index (χ0) is 13.7. The largest absolute Gasteiger partial charge is 0.450 e. The lowest BCUT2D eigenvalue weighted by Gasteiger charge is -2.21. The minimum Gasteiger partial charge on any atom is -0.450 e. The number of amides is 1. The van der Waals surface area contributed by atoms with E-state index in [2.05, 4.69) is 23.3 Å². The molecule has 4 nitrogen and oxygen atoms in total. The Balaban J connectivity index is 1.54. The minimum absolute atomic E-state index is 0.0247. The second-order valence-corrected chi connectivity index (χ2v) is 6.14. The van der Waals surface area contributed by atoms with Crippen LogP contribution in [0, 0.1) is 0 Å². The Morgan fingerprint density at radius 2 is 2.25 bits per heavy atom. The van der Waals surface area contributed by atoms with Crippen molar-refractivity contribution in [2.24, 2.45) is 0 Å². The van der Waals surface area contributed by atoms with Crippen LogP contribution in [0.3, 0.4) is 0 Å². The zero-order valence-corrected chi connectivity index (χ0v) is 11.8. The summed E-state index contributed by atoms with van der Waals surface area (Å²) in [5, 5.41) is 8.19. The second-order valence-electron chi connectivity index (χ2n) is 5.70. The number of carbonyl (C=O) groups excluding carboxylic acids is 1. The van der Waals surface area contributed by atoms with Gasteiger partial charge in [0.05, 0.1) is 0 Å². The van der Waals surface area contributed by atoms with Crippen molar-refractivity contribution in [2.45, 2.75) is 42.5 Å². The van der Waals surface area contributed by atoms with Crippen molar-refractivity contribution in [3.63, 3.8) is 0 Å². The van der Waals surface area contributed by atoms with E-state index in [1.54, 1.807) is 6.07 Å². The summed E-state index contributed by atoms with van der Waals surface area (Å²) >= 11 is 4.18. The Morgan fingerprint density at radius 1 is 1.35 bits per heavy atom. The predicted octanol–water partition coefficient (Wildman–Crippen LogP) is 2.34. The van der Waals surface area contributed by atoms with Crippen LogP contribution in [-0.2, 0) is 0 Å². The van der Waals surface area contributed by atoms with E-state index in [0.717, 1.165) is 18.2 Å². The van der Waals surface area contributed by atoms with Gasteiger partial charge in [-0.25, -0.2) is 0 Å². The Morgan fingerprint density at radius 3 is 3.00 bits per heavy atom. The molecule has 3 atom stereocenters. The zero-order valence-electron chi connectivity index (χ0n) is 10.9. The topological polar surface area (TPSA) is 54.3 Å². The maximum absolute atomic E-state index is 12.3. The average Bonchev–Trinajstić information content (AvgIpc) is 3.10. The maximum Gasteiger partial charge on any atom is 0.251 e. The van der Waals surface area contributed by atoms with E-state index in [4.69, 9.17) is 4.42 Å². The van der Waals surface area contributed by atoms with Crippen molar-refractivity contribution in [1.82, 2.24) is 10.6 Å². The molecule has 1 aromatic heterocycles. The van der Waals surface area contributed by atoms with Gasteiger partial charge in [0.1, 0.15) is 5.58 Å². The number of benzene rings is 1. The molecule has 0 unspecified atom stereocenters. The third-order valence-electron chi connectivity index (χ3n) is 4.39. The molecule has 2 fully saturated rings. The van der Waals surface area contributed by atoms with Crippen LogP contribution in [0.25, 0.3) is 11.0 Å². The molecule has 0 saturated carbocycles. The van der Waals surface area contributed by atoms with Gasteiger partial charge in [-0.1, -0.05) is 6.07 Å². The first kappa shape index (κ1) is 12.3. The maximum atomic E-state index is 12.3. The molecule has 0 radical (unpaired) electrons. The van der Waals surface area contributed by atoms with Gasteiger partial charge in [0, 0.05) is 29.1 Å². The van der Waals surface area contributed by atoms with Gasteiger partial charge in [-0.2, -0.15) is 0 Å². The van der Waals surface area contributed by atoms with Crippen LogP contribution >= 0.6 is 12.6 Å². The highest BCUT2D eigenvalue weighted by atomic mass is 32.1. The van der Waals surface area contributed by atoms with Gasteiger partial charge in [-0.3, -0.25) is 4.79 Å². The molecule has 2 saturated heterocycles. The first-order chi connectivity index (χ1) is 9.69. The van der Waals surface area contributed by atoms with Crippen LogP contribution in [0.1, 0.15) is 29.6 Å². The number of fused-ring (bicyclic) bond motifs is 3. The lowest BCUT2D eigenvalue weighted by Crippen LogP contribution is -2.42. The Kier molecular flexibility index (Phi) is 2.79. The molecular formula is C15H16N2O2S. The van der Waals surface area contributed by atoms with E-state index in [0.29, 0.717) is 28.3 Å². The standard InChI is InChI=1S/C15H16N2O2S/c18-15(17-12-7-10-3-4-11(12)16-10)9-2-1-8-6-14(20)19-13(8)5-9/h1-2,5-6,10-12,16,20H,3-4,7H2,(H,17,18)/t10-,11+,12-/m1/s1. The second kappa shape index (κ2) is 4.53. The van der Waals surface area contributed by atoms with Crippen molar-refractivity contribution >= 4 is 29.5 Å². The number of nitrogens with one attached hydrogen (secondary N) is 2. The lowest BCUT2D eigenvalue weighted by molar-refractivity contribution is 0.0931. The summed E-state index contributed by atoms with van der Waals surface area (Å²) < 4.78 is 5.45. The van der Waals surface area contributed by atoms with E-state index in [-0.39, 0.29) is 11.9 Å². The first-order valence-electron chi connectivity index (χ1n) is 6.98. The molecule has 4 rings (SSSR count). The minimum atomic E-state index is -0.0247. The van der Waals surface area contributed by atoms with Crippen molar-refractivity contribution < 1.29 is 9.21 Å². The normalized spacial score (nSPS) is 28.1. The van der Waals surface area contributed by atoms with Gasteiger partial charge >= 0.3 is 0 Å². The van der Waals surface area contributed by atoms with E-state index in [1.807, 2.05) is 18.2 Å². The van der Waals surface area contributed by atoms with E-state index < -0.39 is 0 Å². The number of thiol groups is 1. The van der Waals surface area contributed by atoms with Crippen molar-refractivity contribution in [2.75, 3.05) is 0 Å². The molecule has 104 valence electrons. The summed E-state index contributed by atoms with van der Waals surface area (Å²) in [6.07, 6.45) is 3.44. The van der Waals surface area contributed by atoms with Gasteiger partial charge in [0.2, 0.25) is 0 Å². The third-order valence-corrected chi connectivity index (χ3v) is 4.61. The van der Waals surface area contributed by atoms with Gasteiger partial charge in [-0.05, 0) is 37.5 Å². The predicted molar refractivity (Wildman–Crippen MR) is 79.3 cm³/mol. The Labute approximate surface area is 122 Å². The van der Waals surface area contributed by atoms with E-state index in [9.17, 15) is 4.79 Å². The summed E-state index contributed by atoms with van der Waals surface area (Å²) in [4.78, 5) is 12.3. The third kappa shape index (κ3) is 2.01. The van der Waals surface area contributed by atoms with Crippen LogP contribution in [0.5, 0.6) is 0 Å². The fourth-order valence-electron chi connectivity index (χ4n) is 3.39. The fourth-order valence-corrected chi connectivity index (χ4v) is 3.63. The van der Waals surface area contributed by atoms with Gasteiger partial charge < -0.3 is 15.1 Å². The quantitative estimate of drug-likeness (QED) is 0.744. The van der Waals surface area contributed by atoms with Crippen LogP contribution in [0.4, 0.5) is 0 Å². The fraction of sp³-hybridized carbons (Fsp3) is 0.400. The molecule has 1 amide bonds. The Bertz CT molecular complexity index is 682. The molecule has 20 heavy (non-hydrogen) atoms. The highest BCUT2D eigenvalue weighted by Gasteiger charge is 2.39. The summed E-state index contributed by atoms with van der Waals surface area (Å²) in [6, 6.07) is 8.65. The number of furan rings is 1. The monoisotopic (exact) mass is 288 g/mol. The number of rotatable bonds is 2. The number of hydrogen-bond donors (Lipinski definition) is 3. The van der Waals surface area contributed by atoms with E-state index in [1.165, 1.54) is 6.42 Å². The number of hydrogen-bond acceptors (Lipinski definition) is 4. The van der Waals surface area contributed by atoms with Crippen LogP contribution in [0.2, 0.25) is 0 Å². The number of carbonyl (C=O) groups is 1. The highest BCUT2D eigenvalue weighted by Crippen LogP contribution is 2.28. The molecule has 2 bridgehead atoms. The molecule has 1 aromatic carbocycles. The summed E-state index contributed by atoms with van der Waals surface area (Å²) in [7, 11) is 0. The van der Waals surface area contributed by atoms with Crippen molar-refractivity contribution in [1.29, 1.82) is 0 Å². The summed E-state index contributed by atoms with van der Waals surface area (Å²) in [5.41, 5.74) is 1.34. The van der Waals surface area contributed by atoms with Gasteiger partial charge in [0.15, 0.2) is 5.09 Å². The summed E-state index contributed by atoms with van der Waals surface area (Å²) in [6.45, 7) is 0. The van der Waals surface area contributed by atoms with Crippen LogP contribution < -0.4 is 10.6 Å². The van der Waals surface area contributed by atoms with Gasteiger partial charge in [-0.15, -0.1) is 12.6 Å². The SMILES string of the molecule is O=C(N[C@@H]1C[C@H]2CC[C@@H]1N2)c1ccc2cc(S)oc2c1. The molecule has 2 N–H and O–H groups in total. The smallest absolute Gasteiger partial charge is 0.251 e. The van der Waals surface area contributed by atoms with Crippen molar-refractivity contribution in [3.8, 4) is 0 Å². The molecule has 0 spiro atoms. The Hall–Kier alpha value is -1.46. The van der Waals surface area contributed by atoms with Crippen LogP contribution in [-0.4, -0.2) is 24.0 Å². The van der Waals surface area contributed by atoms with E-state index >= 15 is 0 Å². The molecule has 5 heteroatoms. The summed E-state index contributed by atoms with van der Waals surface area (Å²) in [5.74, 6) is -0.0247. The average molecular weight is 288 g/mol. The van der Waals surface area contributed by atoms with Crippen molar-refractivity contribution in [3.05, 3.63) is 29.8 Å². The lowest BCUT2D eigenvalue weighted by atomic mass is 9.95. The molecule has 3 heterocycles. The first-order valence-corrected chi connectivity index (χ1v) is 7.43. The molecular weight excluding hydrogens is 272 g/mol. The highest BCUT2D eigenvalue weighted by molar-refractivity contribution is 7.80. The molecule has 2 aliphatic rings. The molecule has 2 aromatic rings. The molecule has 2 aliphatic heterocycles. The molecule has 0 aliphatic carbocycles. The van der Waals surface area contributed by atoms with Gasteiger partial charge in [0.25, 0.3) is 5.91 Å².